The van der Waals surface area contributed by atoms with Crippen LogP contribution in [0.15, 0.2) is 0 Å². The van der Waals surface area contributed by atoms with Gasteiger partial charge >= 0.3 is 51.2 Å². The van der Waals surface area contributed by atoms with Gasteiger partial charge in [0.15, 0.2) is 0 Å². The van der Waals surface area contributed by atoms with Gasteiger partial charge in [-0.05, 0) is 0 Å². The molecule has 0 radical (unpaired) electrons. The van der Waals surface area contributed by atoms with Gasteiger partial charge in [-0.3, -0.25) is 0 Å². The Labute approximate surface area is 124 Å². The zero-order valence-corrected chi connectivity index (χ0v) is 15.9. The molecule has 0 rings (SSSR count). The van der Waals surface area contributed by atoms with Gasteiger partial charge in [0.1, 0.15) is 0 Å². The molecule has 0 aromatic carbocycles. The molecule has 0 saturated heterocycles. The molecule has 0 nitrogen and oxygen atoms in total. The third-order valence-corrected chi connectivity index (χ3v) is 0. The Balaban J connectivity index is 0. The van der Waals surface area contributed by atoms with Gasteiger partial charge in [0.2, 0.25) is 0 Å². The van der Waals surface area contributed by atoms with Gasteiger partial charge in [-0.25, -0.2) is 0 Å². The molecule has 0 heterocycles. The molecule has 0 aliphatic rings. The number of hydrogen-bond acceptors (Lipinski definition) is 0. The zero-order chi connectivity index (χ0) is 0. The summed E-state index contributed by atoms with van der Waals surface area (Å²) in [6.45, 7) is 0. The van der Waals surface area contributed by atoms with Crippen LogP contribution >= 0.6 is 0 Å². The molecule has 0 N–H and O–H groups in total. The third-order valence-electron chi connectivity index (χ3n) is 0. The van der Waals surface area contributed by atoms with Crippen LogP contribution in [-0.4, -0.2) is 51.2 Å². The van der Waals surface area contributed by atoms with Crippen LogP contribution in [0.1, 0.15) is 0 Å². The molecule has 0 aromatic heterocycles. The van der Waals surface area contributed by atoms with Crippen LogP contribution in [0.5, 0.6) is 0 Å². The van der Waals surface area contributed by atoms with E-state index in [9.17, 15) is 0 Å². The maximum atomic E-state index is 0. The van der Waals surface area contributed by atoms with E-state index in [0.29, 0.717) is 0 Å². The van der Waals surface area contributed by atoms with E-state index in [2.05, 4.69) is 0 Å². The van der Waals surface area contributed by atoms with E-state index in [-0.39, 0.29) is 126 Å². The van der Waals surface area contributed by atoms with E-state index in [0.717, 1.165) is 0 Å². The molecule has 0 aromatic rings. The van der Waals surface area contributed by atoms with Crippen LogP contribution in [0, 0.1) is 0 Å². The van der Waals surface area contributed by atoms with Crippen LogP contribution in [0.4, 0.5) is 0 Å². The minimum atomic E-state index is 0. The first-order valence-corrected chi connectivity index (χ1v) is 0. The second-order valence-electron chi connectivity index (χ2n) is 0. The monoisotopic (exact) mass is 540 g/mol. The normalized spacial score (nSPS) is 0. The molecule has 0 amide bonds. The van der Waals surface area contributed by atoms with Crippen molar-refractivity contribution in [2.45, 2.75) is 0 Å². The van der Waals surface area contributed by atoms with E-state index >= 15 is 0 Å². The fourth-order valence-electron chi connectivity index (χ4n) is 0. The molecule has 0 saturated carbocycles. The van der Waals surface area contributed by atoms with E-state index in [1.165, 1.54) is 0 Å². The summed E-state index contributed by atoms with van der Waals surface area (Å²) in [5.74, 6) is 0. The van der Waals surface area contributed by atoms with E-state index < -0.39 is 0 Å². The summed E-state index contributed by atoms with van der Waals surface area (Å²) < 4.78 is 0. The fraction of sp³-hybridized carbons (Fsp3) is 0. The molecule has 0 fully saturated rings. The van der Waals surface area contributed by atoms with Crippen LogP contribution in [0.2, 0.25) is 0 Å². The van der Waals surface area contributed by atoms with Crippen LogP contribution in [0.25, 0.3) is 0 Å². The van der Waals surface area contributed by atoms with Gasteiger partial charge in [0.25, 0.3) is 0 Å². The summed E-state index contributed by atoms with van der Waals surface area (Å²) in [6, 6.07) is 0. The van der Waals surface area contributed by atoms with Crippen molar-refractivity contribution in [3.05, 3.63) is 0 Å². The zero-order valence-electron chi connectivity index (χ0n) is 3.47. The molecule has 0 unspecified atom stereocenters. The van der Waals surface area contributed by atoms with Gasteiger partial charge in [-0.1, -0.05) is 0 Å². The van der Waals surface area contributed by atoms with Crippen molar-refractivity contribution >= 4 is 51.2 Å². The third kappa shape index (κ3) is 56.5. The van der Waals surface area contributed by atoms with Crippen LogP contribution in [0.3, 0.4) is 0 Å². The standard InChI is InChI=1S/6ClH.Pb.Sn.2H/h6*1H;;;;/q;;;;;;+4;+2;;/p-6. The van der Waals surface area contributed by atoms with Gasteiger partial charge in [-0.15, -0.1) is 0 Å². The minimum absolute atomic E-state index is 0. The summed E-state index contributed by atoms with van der Waals surface area (Å²) in [6.07, 6.45) is 0. The SMILES string of the molecule is [Cl-].[Cl-].[Cl-].[Cl-].[Cl-].[Cl-].[Pb+4].[SnH2+2]. The summed E-state index contributed by atoms with van der Waals surface area (Å²) in [4.78, 5) is 0. The van der Waals surface area contributed by atoms with Crippen LogP contribution in [-0.2, 0) is 0 Å². The number of halogens is 6. The van der Waals surface area contributed by atoms with Crippen molar-refractivity contribution in [3.8, 4) is 0 Å². The van der Waals surface area contributed by atoms with Gasteiger partial charge in [0, 0.05) is 0 Å². The maximum absolute atomic E-state index is 0. The molecular formula is H2Cl6PbSn. The van der Waals surface area contributed by atoms with Gasteiger partial charge < -0.3 is 74.4 Å². The van der Waals surface area contributed by atoms with E-state index in [1.54, 1.807) is 0 Å². The first-order chi connectivity index (χ1) is 0. The summed E-state index contributed by atoms with van der Waals surface area (Å²) in [7, 11) is 0. The molecule has 0 bridgehead atoms. The molecule has 8 heteroatoms. The Bertz CT molecular complexity index is 8.49. The molecular weight excluding hydrogens is 539 g/mol. The van der Waals surface area contributed by atoms with Crippen molar-refractivity contribution < 1.29 is 74.4 Å². The molecule has 8 heavy (non-hydrogen) atoms. The Morgan fingerprint density at radius 1 is 0.375 bits per heavy atom. The Hall–Kier alpha value is 3.46. The first-order valence-electron chi connectivity index (χ1n) is 0. The topological polar surface area (TPSA) is 0 Å². The van der Waals surface area contributed by atoms with Crippen molar-refractivity contribution in [2.24, 2.45) is 0 Å². The predicted octanol–water partition coefficient (Wildman–Crippen LogP) is -19.3. The summed E-state index contributed by atoms with van der Waals surface area (Å²) in [5, 5.41) is 0. The number of rotatable bonds is 0. The molecule has 0 spiro atoms. The Morgan fingerprint density at radius 2 is 0.375 bits per heavy atom. The molecule has 52 valence electrons. The molecule has 0 aliphatic carbocycles. The van der Waals surface area contributed by atoms with Gasteiger partial charge in [0.05, 0.1) is 0 Å². The average Bonchev–Trinajstić information content (AvgIpc) is 0. The fourth-order valence-corrected chi connectivity index (χ4v) is 0. The number of hydrogen-bond donors (Lipinski definition) is 0. The molecule has 0 aliphatic heterocycles. The second-order valence-corrected chi connectivity index (χ2v) is 0. The van der Waals surface area contributed by atoms with Crippen molar-refractivity contribution in [2.75, 3.05) is 0 Å². The van der Waals surface area contributed by atoms with Crippen molar-refractivity contribution in [1.82, 2.24) is 0 Å². The Morgan fingerprint density at radius 3 is 0.375 bits per heavy atom. The van der Waals surface area contributed by atoms with E-state index in [1.807, 2.05) is 0 Å². The summed E-state index contributed by atoms with van der Waals surface area (Å²) >= 11 is 0. The van der Waals surface area contributed by atoms with Crippen molar-refractivity contribution in [1.29, 1.82) is 0 Å². The van der Waals surface area contributed by atoms with Crippen LogP contribution < -0.4 is 74.4 Å². The summed E-state index contributed by atoms with van der Waals surface area (Å²) in [5.41, 5.74) is 0. The quantitative estimate of drug-likeness (QED) is 0.268. The van der Waals surface area contributed by atoms with Gasteiger partial charge in [-0.2, -0.15) is 0 Å². The van der Waals surface area contributed by atoms with E-state index in [4.69, 9.17) is 0 Å². The van der Waals surface area contributed by atoms with Crippen molar-refractivity contribution in [3.63, 3.8) is 0 Å². The predicted molar refractivity (Wildman–Crippen MR) is 14.3 cm³/mol. The first kappa shape index (κ1) is 105. The average molecular weight is 541 g/mol. The molecule has 0 atom stereocenters. The Kier molecular flexibility index (Phi) is 1020. The second kappa shape index (κ2) is 78.2.